The molecule has 2 atom stereocenters. The third kappa shape index (κ3) is 3.03. The Morgan fingerprint density at radius 1 is 1.28 bits per heavy atom. The standard InChI is InChI=1S/C13H16F3NO/c1-9(12-8-17-6-7-18-12)10-2-4-11(5-3-10)13(14,15)16/h2-5,9,12,17H,6-8H2,1H3. The summed E-state index contributed by atoms with van der Waals surface area (Å²) in [6.07, 6.45) is -4.25. The van der Waals surface area contributed by atoms with Crippen LogP contribution in [0.25, 0.3) is 0 Å². The molecule has 18 heavy (non-hydrogen) atoms. The molecule has 1 saturated heterocycles. The fraction of sp³-hybridized carbons (Fsp3) is 0.538. The van der Waals surface area contributed by atoms with Gasteiger partial charge in [-0.2, -0.15) is 13.2 Å². The Morgan fingerprint density at radius 3 is 2.44 bits per heavy atom. The highest BCUT2D eigenvalue weighted by Gasteiger charge is 2.30. The minimum Gasteiger partial charge on any atom is -0.375 e. The normalized spacial score (nSPS) is 22.8. The molecule has 5 heteroatoms. The van der Waals surface area contributed by atoms with Crippen LogP contribution < -0.4 is 5.32 Å². The second-order valence-electron chi connectivity index (χ2n) is 4.52. The Morgan fingerprint density at radius 2 is 1.94 bits per heavy atom. The minimum atomic E-state index is -4.27. The van der Waals surface area contributed by atoms with E-state index in [-0.39, 0.29) is 12.0 Å². The maximum atomic E-state index is 12.4. The molecule has 0 amide bonds. The number of ether oxygens (including phenoxy) is 1. The van der Waals surface area contributed by atoms with E-state index in [1.165, 1.54) is 12.1 Å². The van der Waals surface area contributed by atoms with Gasteiger partial charge >= 0.3 is 6.18 Å². The van der Waals surface area contributed by atoms with E-state index in [9.17, 15) is 13.2 Å². The van der Waals surface area contributed by atoms with E-state index in [0.29, 0.717) is 6.61 Å². The number of hydrogen-bond donors (Lipinski definition) is 1. The Hall–Kier alpha value is -1.07. The first-order valence-electron chi connectivity index (χ1n) is 5.98. The molecule has 0 bridgehead atoms. The van der Waals surface area contributed by atoms with E-state index in [4.69, 9.17) is 4.74 Å². The van der Waals surface area contributed by atoms with Crippen LogP contribution in [-0.4, -0.2) is 25.8 Å². The summed E-state index contributed by atoms with van der Waals surface area (Å²) in [6, 6.07) is 5.32. The lowest BCUT2D eigenvalue weighted by Crippen LogP contribution is -2.41. The van der Waals surface area contributed by atoms with E-state index in [0.717, 1.165) is 30.8 Å². The average Bonchev–Trinajstić information content (AvgIpc) is 2.38. The van der Waals surface area contributed by atoms with E-state index in [1.807, 2.05) is 6.92 Å². The Labute approximate surface area is 104 Å². The summed E-state index contributed by atoms with van der Waals surface area (Å²) in [6.45, 7) is 4.19. The van der Waals surface area contributed by atoms with Crippen LogP contribution in [0.2, 0.25) is 0 Å². The van der Waals surface area contributed by atoms with Crippen molar-refractivity contribution in [1.82, 2.24) is 5.32 Å². The third-order valence-electron chi connectivity index (χ3n) is 3.28. The Balaban J connectivity index is 2.09. The van der Waals surface area contributed by atoms with Crippen molar-refractivity contribution >= 4 is 0 Å². The molecule has 0 aliphatic carbocycles. The quantitative estimate of drug-likeness (QED) is 0.881. The largest absolute Gasteiger partial charge is 0.416 e. The molecule has 0 radical (unpaired) electrons. The Kier molecular flexibility index (Phi) is 3.92. The van der Waals surface area contributed by atoms with E-state index in [2.05, 4.69) is 5.32 Å². The molecule has 1 heterocycles. The van der Waals surface area contributed by atoms with Gasteiger partial charge in [0.05, 0.1) is 18.3 Å². The number of alkyl halides is 3. The fourth-order valence-electron chi connectivity index (χ4n) is 2.10. The molecule has 1 aliphatic heterocycles. The van der Waals surface area contributed by atoms with Crippen molar-refractivity contribution in [3.05, 3.63) is 35.4 Å². The van der Waals surface area contributed by atoms with Crippen LogP contribution in [0.3, 0.4) is 0 Å². The maximum absolute atomic E-state index is 12.4. The molecule has 2 rings (SSSR count). The first-order chi connectivity index (χ1) is 8.48. The first-order valence-corrected chi connectivity index (χ1v) is 5.98. The molecule has 2 nitrogen and oxygen atoms in total. The third-order valence-corrected chi connectivity index (χ3v) is 3.28. The van der Waals surface area contributed by atoms with Gasteiger partial charge in [-0.25, -0.2) is 0 Å². The molecule has 0 saturated carbocycles. The van der Waals surface area contributed by atoms with Crippen LogP contribution in [0.5, 0.6) is 0 Å². The highest BCUT2D eigenvalue weighted by atomic mass is 19.4. The zero-order valence-corrected chi connectivity index (χ0v) is 10.1. The number of rotatable bonds is 2. The molecule has 1 aromatic carbocycles. The monoisotopic (exact) mass is 259 g/mol. The van der Waals surface area contributed by atoms with Gasteiger partial charge in [-0.3, -0.25) is 0 Å². The van der Waals surface area contributed by atoms with Gasteiger partial charge in [0, 0.05) is 19.0 Å². The van der Waals surface area contributed by atoms with Gasteiger partial charge in [0.25, 0.3) is 0 Å². The second-order valence-corrected chi connectivity index (χ2v) is 4.52. The van der Waals surface area contributed by atoms with Gasteiger partial charge < -0.3 is 10.1 Å². The molecule has 0 aromatic heterocycles. The highest BCUT2D eigenvalue weighted by molar-refractivity contribution is 5.27. The highest BCUT2D eigenvalue weighted by Crippen LogP contribution is 2.31. The molecule has 1 aliphatic rings. The van der Waals surface area contributed by atoms with Crippen molar-refractivity contribution in [1.29, 1.82) is 0 Å². The van der Waals surface area contributed by atoms with Gasteiger partial charge in [0.2, 0.25) is 0 Å². The average molecular weight is 259 g/mol. The van der Waals surface area contributed by atoms with Gasteiger partial charge in [-0.05, 0) is 17.7 Å². The minimum absolute atomic E-state index is 0.0236. The van der Waals surface area contributed by atoms with Crippen LogP contribution >= 0.6 is 0 Å². The van der Waals surface area contributed by atoms with Crippen LogP contribution in [0.4, 0.5) is 13.2 Å². The lowest BCUT2D eigenvalue weighted by atomic mass is 9.94. The summed E-state index contributed by atoms with van der Waals surface area (Å²) in [4.78, 5) is 0. The molecule has 1 aromatic rings. The molecular weight excluding hydrogens is 243 g/mol. The molecule has 1 N–H and O–H groups in total. The van der Waals surface area contributed by atoms with Gasteiger partial charge in [0.15, 0.2) is 0 Å². The van der Waals surface area contributed by atoms with E-state index < -0.39 is 11.7 Å². The molecule has 100 valence electrons. The number of nitrogens with one attached hydrogen (secondary N) is 1. The van der Waals surface area contributed by atoms with Crippen molar-refractivity contribution in [2.24, 2.45) is 0 Å². The number of benzene rings is 1. The maximum Gasteiger partial charge on any atom is 0.416 e. The summed E-state index contributed by atoms with van der Waals surface area (Å²) < 4.78 is 42.9. The van der Waals surface area contributed by atoms with E-state index in [1.54, 1.807) is 0 Å². The Bertz CT molecular complexity index is 382. The predicted octanol–water partition coefficient (Wildman–Crippen LogP) is 2.80. The topological polar surface area (TPSA) is 21.3 Å². The van der Waals surface area contributed by atoms with Gasteiger partial charge in [-0.1, -0.05) is 19.1 Å². The van der Waals surface area contributed by atoms with Crippen LogP contribution in [0.1, 0.15) is 24.0 Å². The van der Waals surface area contributed by atoms with Crippen LogP contribution in [0.15, 0.2) is 24.3 Å². The predicted molar refractivity (Wildman–Crippen MR) is 62.5 cm³/mol. The lowest BCUT2D eigenvalue weighted by Gasteiger charge is -2.29. The number of halogens is 3. The van der Waals surface area contributed by atoms with Crippen molar-refractivity contribution in [2.45, 2.75) is 25.1 Å². The lowest BCUT2D eigenvalue weighted by molar-refractivity contribution is -0.137. The zero-order valence-electron chi connectivity index (χ0n) is 10.1. The first kappa shape index (κ1) is 13.4. The fourth-order valence-corrected chi connectivity index (χ4v) is 2.10. The second kappa shape index (κ2) is 5.28. The summed E-state index contributed by atoms with van der Waals surface area (Å²) in [5, 5.41) is 3.22. The molecule has 2 unspecified atom stereocenters. The molecule has 0 spiro atoms. The number of hydrogen-bond acceptors (Lipinski definition) is 2. The van der Waals surface area contributed by atoms with Crippen LogP contribution in [-0.2, 0) is 10.9 Å². The summed E-state index contributed by atoms with van der Waals surface area (Å²) in [5.41, 5.74) is 0.262. The SMILES string of the molecule is CC(c1ccc(C(F)(F)F)cc1)C1CNCCO1. The zero-order chi connectivity index (χ0) is 13.2. The van der Waals surface area contributed by atoms with Crippen molar-refractivity contribution in [3.63, 3.8) is 0 Å². The van der Waals surface area contributed by atoms with Gasteiger partial charge in [0.1, 0.15) is 0 Å². The molecule has 1 fully saturated rings. The summed E-state index contributed by atoms with van der Waals surface area (Å²) in [7, 11) is 0. The number of morpholine rings is 1. The van der Waals surface area contributed by atoms with Gasteiger partial charge in [-0.15, -0.1) is 0 Å². The van der Waals surface area contributed by atoms with Crippen molar-refractivity contribution < 1.29 is 17.9 Å². The van der Waals surface area contributed by atoms with E-state index >= 15 is 0 Å². The molecular formula is C13H16F3NO. The van der Waals surface area contributed by atoms with Crippen LogP contribution in [0, 0.1) is 0 Å². The summed E-state index contributed by atoms with van der Waals surface area (Å²) >= 11 is 0. The van der Waals surface area contributed by atoms with Crippen molar-refractivity contribution in [2.75, 3.05) is 19.7 Å². The smallest absolute Gasteiger partial charge is 0.375 e. The summed E-state index contributed by atoms with van der Waals surface area (Å²) in [5.74, 6) is 0.0834. The van der Waals surface area contributed by atoms with Crippen molar-refractivity contribution in [3.8, 4) is 0 Å².